The van der Waals surface area contributed by atoms with E-state index in [4.69, 9.17) is 4.74 Å². The number of nitrogens with one attached hydrogen (secondary N) is 1. The average molecular weight is 391 g/mol. The largest absolute Gasteiger partial charge is 0.448 e. The van der Waals surface area contributed by atoms with E-state index in [0.717, 1.165) is 22.6 Å². The second kappa shape index (κ2) is 8.02. The van der Waals surface area contributed by atoms with Gasteiger partial charge in [0, 0.05) is 22.6 Å². The van der Waals surface area contributed by atoms with Gasteiger partial charge in [-0.3, -0.25) is 0 Å². The smallest absolute Gasteiger partial charge is 0.247 e. The Bertz CT molecular complexity index is 988. The zero-order chi connectivity index (χ0) is 19.5. The van der Waals surface area contributed by atoms with Crippen molar-refractivity contribution >= 4 is 17.4 Å². The summed E-state index contributed by atoms with van der Waals surface area (Å²) in [6.07, 6.45) is 1.45. The predicted molar refractivity (Wildman–Crippen MR) is 114 cm³/mol. The minimum atomic E-state index is -0.363. The summed E-state index contributed by atoms with van der Waals surface area (Å²) >= 11 is 1.48. The van der Waals surface area contributed by atoms with Crippen molar-refractivity contribution in [3.05, 3.63) is 72.3 Å². The third-order valence-corrected chi connectivity index (χ3v) is 5.40. The van der Waals surface area contributed by atoms with Gasteiger partial charge >= 0.3 is 0 Å². The molecule has 0 spiro atoms. The average Bonchev–Trinajstić information content (AvgIpc) is 2.88. The topological polar surface area (TPSA) is 59.9 Å². The molecule has 1 unspecified atom stereocenters. The lowest BCUT2D eigenvalue weighted by atomic mass is 10.0. The Morgan fingerprint density at radius 3 is 2.68 bits per heavy atom. The Labute approximate surface area is 169 Å². The summed E-state index contributed by atoms with van der Waals surface area (Å²) in [7, 11) is 0. The van der Waals surface area contributed by atoms with E-state index in [0.29, 0.717) is 22.6 Å². The van der Waals surface area contributed by atoms with Crippen LogP contribution in [-0.4, -0.2) is 20.9 Å². The van der Waals surface area contributed by atoms with E-state index in [1.807, 2.05) is 30.3 Å². The van der Waals surface area contributed by atoms with Crippen LogP contribution in [0.5, 0.6) is 5.88 Å². The molecule has 2 aromatic carbocycles. The van der Waals surface area contributed by atoms with E-state index in [1.54, 1.807) is 0 Å². The molecule has 0 saturated heterocycles. The Hall–Kier alpha value is -2.86. The molecular formula is C22H22N4OS. The van der Waals surface area contributed by atoms with Crippen molar-refractivity contribution in [2.24, 2.45) is 0 Å². The van der Waals surface area contributed by atoms with Gasteiger partial charge < -0.3 is 10.1 Å². The van der Waals surface area contributed by atoms with Crippen LogP contribution in [0.3, 0.4) is 0 Å². The number of aromatic nitrogens is 3. The Balaban J connectivity index is 1.75. The highest BCUT2D eigenvalue weighted by molar-refractivity contribution is 7.99. The van der Waals surface area contributed by atoms with Crippen molar-refractivity contribution < 1.29 is 4.74 Å². The summed E-state index contributed by atoms with van der Waals surface area (Å²) < 4.78 is 6.28. The van der Waals surface area contributed by atoms with Gasteiger partial charge in [0.1, 0.15) is 0 Å². The van der Waals surface area contributed by atoms with Gasteiger partial charge in [0.15, 0.2) is 11.9 Å². The standard InChI is InChI=1S/C22H22N4OS/c1-4-13-28-22-24-21-19(25-26-22)17-7-5-6-8-18(17)23-20(27-21)16-11-9-15(10-12-16)14(2)3/h4-12,14,20,23H,1,13H2,2-3H3. The molecule has 0 amide bonds. The van der Waals surface area contributed by atoms with Gasteiger partial charge in [0.25, 0.3) is 0 Å². The number of hydrogen-bond donors (Lipinski definition) is 1. The van der Waals surface area contributed by atoms with Crippen LogP contribution in [0.2, 0.25) is 0 Å². The van der Waals surface area contributed by atoms with Crippen LogP contribution in [0, 0.1) is 0 Å². The number of ether oxygens (including phenoxy) is 1. The molecule has 2 heterocycles. The molecule has 3 aromatic rings. The molecule has 0 saturated carbocycles. The van der Waals surface area contributed by atoms with Gasteiger partial charge in [-0.2, -0.15) is 4.98 Å². The van der Waals surface area contributed by atoms with E-state index in [9.17, 15) is 0 Å². The van der Waals surface area contributed by atoms with Crippen molar-refractivity contribution in [1.82, 2.24) is 15.2 Å². The summed E-state index contributed by atoms with van der Waals surface area (Å²) in [5.74, 6) is 1.69. The van der Waals surface area contributed by atoms with E-state index < -0.39 is 0 Å². The minimum Gasteiger partial charge on any atom is -0.448 e. The van der Waals surface area contributed by atoms with Crippen LogP contribution in [-0.2, 0) is 0 Å². The molecule has 1 aromatic heterocycles. The van der Waals surface area contributed by atoms with E-state index >= 15 is 0 Å². The summed E-state index contributed by atoms with van der Waals surface area (Å²) in [5, 5.41) is 12.7. The zero-order valence-electron chi connectivity index (χ0n) is 15.9. The molecule has 6 heteroatoms. The number of thioether (sulfide) groups is 1. The van der Waals surface area contributed by atoms with Crippen molar-refractivity contribution in [3.63, 3.8) is 0 Å². The first-order valence-electron chi connectivity index (χ1n) is 9.26. The first-order valence-corrected chi connectivity index (χ1v) is 10.2. The van der Waals surface area contributed by atoms with Crippen LogP contribution in [0.1, 0.15) is 37.1 Å². The lowest BCUT2D eigenvalue weighted by Gasteiger charge is -2.20. The maximum Gasteiger partial charge on any atom is 0.247 e. The fourth-order valence-electron chi connectivity index (χ4n) is 3.05. The first-order chi connectivity index (χ1) is 13.7. The molecule has 1 N–H and O–H groups in total. The van der Waals surface area contributed by atoms with E-state index in [2.05, 4.69) is 65.2 Å². The molecule has 1 aliphatic rings. The van der Waals surface area contributed by atoms with Crippen LogP contribution in [0.15, 0.2) is 66.3 Å². The third-order valence-electron chi connectivity index (χ3n) is 4.57. The fourth-order valence-corrected chi connectivity index (χ4v) is 3.56. The van der Waals surface area contributed by atoms with Gasteiger partial charge in [0.2, 0.25) is 11.0 Å². The van der Waals surface area contributed by atoms with Crippen LogP contribution in [0.4, 0.5) is 5.69 Å². The summed E-state index contributed by atoms with van der Waals surface area (Å²) in [6.45, 7) is 8.12. The van der Waals surface area contributed by atoms with Crippen molar-refractivity contribution in [2.45, 2.75) is 31.1 Å². The molecule has 0 bridgehead atoms. The number of benzene rings is 2. The Morgan fingerprint density at radius 2 is 1.93 bits per heavy atom. The summed E-state index contributed by atoms with van der Waals surface area (Å²) in [4.78, 5) is 4.61. The quantitative estimate of drug-likeness (QED) is 0.462. The highest BCUT2D eigenvalue weighted by atomic mass is 32.2. The first kappa shape index (κ1) is 18.5. The molecule has 0 aliphatic carbocycles. The third kappa shape index (κ3) is 3.73. The number of para-hydroxylation sites is 1. The predicted octanol–water partition coefficient (Wildman–Crippen LogP) is 5.44. The minimum absolute atomic E-state index is 0.363. The van der Waals surface area contributed by atoms with Gasteiger partial charge in [-0.05, 0) is 17.5 Å². The number of anilines is 1. The van der Waals surface area contributed by atoms with Gasteiger partial charge in [0.05, 0.1) is 0 Å². The maximum absolute atomic E-state index is 6.28. The second-order valence-electron chi connectivity index (χ2n) is 6.86. The van der Waals surface area contributed by atoms with E-state index in [-0.39, 0.29) is 6.23 Å². The SMILES string of the molecule is C=CCSc1nnc2c(n1)OC(c1ccc(C(C)C)cc1)Nc1ccccc1-2. The highest BCUT2D eigenvalue weighted by Gasteiger charge is 2.26. The Morgan fingerprint density at radius 1 is 1.14 bits per heavy atom. The number of rotatable bonds is 5. The molecule has 5 nitrogen and oxygen atoms in total. The van der Waals surface area contributed by atoms with E-state index in [1.165, 1.54) is 17.3 Å². The molecular weight excluding hydrogens is 368 g/mol. The van der Waals surface area contributed by atoms with Gasteiger partial charge in [-0.15, -0.1) is 16.8 Å². The molecule has 142 valence electrons. The van der Waals surface area contributed by atoms with Gasteiger partial charge in [-0.25, -0.2) is 0 Å². The van der Waals surface area contributed by atoms with Crippen molar-refractivity contribution in [2.75, 3.05) is 11.1 Å². The zero-order valence-corrected chi connectivity index (χ0v) is 16.7. The lowest BCUT2D eigenvalue weighted by Crippen LogP contribution is -2.17. The van der Waals surface area contributed by atoms with Crippen LogP contribution in [0.25, 0.3) is 11.3 Å². The molecule has 0 fully saturated rings. The summed E-state index contributed by atoms with van der Waals surface area (Å²) in [5.41, 5.74) is 4.85. The fraction of sp³-hybridized carbons (Fsp3) is 0.227. The molecule has 1 aliphatic heterocycles. The lowest BCUT2D eigenvalue weighted by molar-refractivity contribution is 0.225. The Kier molecular flexibility index (Phi) is 5.30. The van der Waals surface area contributed by atoms with Gasteiger partial charge in [-0.1, -0.05) is 74.1 Å². The highest BCUT2D eigenvalue weighted by Crippen LogP contribution is 2.39. The van der Waals surface area contributed by atoms with Crippen molar-refractivity contribution in [1.29, 1.82) is 0 Å². The van der Waals surface area contributed by atoms with Crippen LogP contribution < -0.4 is 10.1 Å². The monoisotopic (exact) mass is 390 g/mol. The molecule has 1 atom stereocenters. The molecule has 28 heavy (non-hydrogen) atoms. The number of fused-ring (bicyclic) bond motifs is 3. The normalized spacial score (nSPS) is 15.0. The maximum atomic E-state index is 6.28. The molecule has 4 rings (SSSR count). The van der Waals surface area contributed by atoms with Crippen molar-refractivity contribution in [3.8, 4) is 17.1 Å². The van der Waals surface area contributed by atoms with Crippen LogP contribution >= 0.6 is 11.8 Å². The molecule has 0 radical (unpaired) electrons. The number of hydrogen-bond acceptors (Lipinski definition) is 6. The summed E-state index contributed by atoms with van der Waals surface area (Å²) in [6, 6.07) is 16.5. The second-order valence-corrected chi connectivity index (χ2v) is 7.84. The number of nitrogens with zero attached hydrogens (tertiary/aromatic N) is 3.